The molecule has 1 aromatic heterocycles. The number of alkyl halides is 1. The van der Waals surface area contributed by atoms with Crippen molar-refractivity contribution in [1.82, 2.24) is 10.3 Å². The Morgan fingerprint density at radius 1 is 1.73 bits per heavy atom. The Bertz CT molecular complexity index is 327. The molecule has 1 aromatic rings. The van der Waals surface area contributed by atoms with E-state index in [0.29, 0.717) is 10.8 Å². The second kappa shape index (κ2) is 6.08. The number of aryl methyl sites for hydroxylation is 1. The summed E-state index contributed by atoms with van der Waals surface area (Å²) in [6, 6.07) is 0.165. The van der Waals surface area contributed by atoms with E-state index >= 15 is 0 Å². The number of aromatic nitrogens is 1. The summed E-state index contributed by atoms with van der Waals surface area (Å²) in [5.74, 6) is 0.608. The Labute approximate surface area is 98.9 Å². The molecule has 1 rings (SSSR count). The Balaban J connectivity index is 2.46. The first-order chi connectivity index (χ1) is 7.15. The van der Waals surface area contributed by atoms with Crippen LogP contribution in [0.5, 0.6) is 0 Å². The number of hydrogen-bond acceptors (Lipinski definition) is 3. The highest BCUT2D eigenvalue weighted by atomic mass is 35.5. The molecule has 15 heavy (non-hydrogen) atoms. The molecule has 84 valence electrons. The van der Waals surface area contributed by atoms with Crippen LogP contribution in [0.25, 0.3) is 0 Å². The van der Waals surface area contributed by atoms with Crippen molar-refractivity contribution in [3.05, 3.63) is 16.1 Å². The molecule has 0 saturated heterocycles. The molecule has 0 aliphatic rings. The maximum Gasteiger partial charge on any atom is 0.263 e. The summed E-state index contributed by atoms with van der Waals surface area (Å²) < 4.78 is 0. The Morgan fingerprint density at radius 2 is 2.47 bits per heavy atom. The summed E-state index contributed by atoms with van der Waals surface area (Å²) in [7, 11) is 0. The maximum absolute atomic E-state index is 11.7. The second-order valence-electron chi connectivity index (χ2n) is 3.47. The number of carbonyl (C=O) groups excluding carboxylic acids is 1. The molecule has 0 spiro atoms. The van der Waals surface area contributed by atoms with E-state index in [1.54, 1.807) is 5.51 Å². The minimum absolute atomic E-state index is 0.0305. The van der Waals surface area contributed by atoms with Crippen LogP contribution in [-0.4, -0.2) is 22.8 Å². The minimum Gasteiger partial charge on any atom is -0.349 e. The number of thiazole rings is 1. The largest absolute Gasteiger partial charge is 0.349 e. The standard InChI is InChI=1S/C10H15ClN2OS/c1-7(4-3-5-11)13-10(14)9-8(2)12-6-15-9/h6-7H,3-5H2,1-2H3,(H,13,14). The highest BCUT2D eigenvalue weighted by Crippen LogP contribution is 2.12. The molecule has 5 heteroatoms. The lowest BCUT2D eigenvalue weighted by atomic mass is 10.2. The van der Waals surface area contributed by atoms with Crippen molar-refractivity contribution in [1.29, 1.82) is 0 Å². The van der Waals surface area contributed by atoms with Gasteiger partial charge >= 0.3 is 0 Å². The highest BCUT2D eigenvalue weighted by molar-refractivity contribution is 7.11. The minimum atomic E-state index is -0.0305. The molecule has 0 fully saturated rings. The van der Waals surface area contributed by atoms with Gasteiger partial charge in [-0.3, -0.25) is 4.79 Å². The Hall–Kier alpha value is -0.610. The number of amides is 1. The molecule has 0 bridgehead atoms. The van der Waals surface area contributed by atoms with E-state index in [-0.39, 0.29) is 11.9 Å². The van der Waals surface area contributed by atoms with Crippen LogP contribution in [0.3, 0.4) is 0 Å². The first-order valence-electron chi connectivity index (χ1n) is 4.92. The summed E-state index contributed by atoms with van der Waals surface area (Å²) in [6.07, 6.45) is 1.83. The van der Waals surface area contributed by atoms with Crippen LogP contribution in [0, 0.1) is 6.92 Å². The van der Waals surface area contributed by atoms with Gasteiger partial charge in [0.1, 0.15) is 4.88 Å². The van der Waals surface area contributed by atoms with Crippen LogP contribution in [0.15, 0.2) is 5.51 Å². The number of nitrogens with zero attached hydrogens (tertiary/aromatic N) is 1. The number of hydrogen-bond donors (Lipinski definition) is 1. The van der Waals surface area contributed by atoms with Crippen LogP contribution in [0.4, 0.5) is 0 Å². The molecule has 1 heterocycles. The van der Waals surface area contributed by atoms with Crippen LogP contribution in [0.2, 0.25) is 0 Å². The first kappa shape index (κ1) is 12.5. The van der Waals surface area contributed by atoms with Crippen LogP contribution in [0.1, 0.15) is 35.1 Å². The third kappa shape index (κ3) is 3.80. The second-order valence-corrected chi connectivity index (χ2v) is 4.71. The van der Waals surface area contributed by atoms with Crippen molar-refractivity contribution >= 4 is 28.8 Å². The smallest absolute Gasteiger partial charge is 0.263 e. The molecule has 1 atom stereocenters. The van der Waals surface area contributed by atoms with E-state index in [0.717, 1.165) is 18.5 Å². The molecule has 0 saturated carbocycles. The summed E-state index contributed by atoms with van der Waals surface area (Å²) in [5.41, 5.74) is 2.48. The van der Waals surface area contributed by atoms with Gasteiger partial charge in [0.15, 0.2) is 0 Å². The van der Waals surface area contributed by atoms with E-state index in [4.69, 9.17) is 11.6 Å². The number of carbonyl (C=O) groups is 1. The summed E-state index contributed by atoms with van der Waals surface area (Å²) in [4.78, 5) is 16.5. The van der Waals surface area contributed by atoms with E-state index in [2.05, 4.69) is 10.3 Å². The fourth-order valence-electron chi connectivity index (χ4n) is 1.26. The summed E-state index contributed by atoms with van der Waals surface area (Å²) >= 11 is 6.96. The molecule has 0 radical (unpaired) electrons. The van der Waals surface area contributed by atoms with Crippen molar-refractivity contribution in [2.75, 3.05) is 5.88 Å². The van der Waals surface area contributed by atoms with Gasteiger partial charge in [0, 0.05) is 11.9 Å². The number of rotatable bonds is 5. The Morgan fingerprint density at radius 3 is 3.00 bits per heavy atom. The monoisotopic (exact) mass is 246 g/mol. The SMILES string of the molecule is Cc1ncsc1C(=O)NC(C)CCCCl. The number of halogens is 1. The molecule has 1 amide bonds. The van der Waals surface area contributed by atoms with Gasteiger partial charge in [-0.1, -0.05) is 0 Å². The van der Waals surface area contributed by atoms with E-state index < -0.39 is 0 Å². The lowest BCUT2D eigenvalue weighted by Crippen LogP contribution is -2.32. The molecule has 0 aliphatic carbocycles. The fourth-order valence-corrected chi connectivity index (χ4v) is 2.12. The molecule has 0 aliphatic heterocycles. The zero-order valence-electron chi connectivity index (χ0n) is 8.92. The van der Waals surface area contributed by atoms with Gasteiger partial charge in [-0.05, 0) is 26.7 Å². The topological polar surface area (TPSA) is 42.0 Å². The van der Waals surface area contributed by atoms with Crippen molar-refractivity contribution in [2.45, 2.75) is 32.7 Å². The molecule has 1 N–H and O–H groups in total. The molecule has 1 unspecified atom stereocenters. The third-order valence-corrected chi connectivity index (χ3v) is 3.29. The normalized spacial score (nSPS) is 12.5. The van der Waals surface area contributed by atoms with Crippen LogP contribution >= 0.6 is 22.9 Å². The average Bonchev–Trinajstić information content (AvgIpc) is 2.61. The van der Waals surface area contributed by atoms with Crippen molar-refractivity contribution in [2.24, 2.45) is 0 Å². The van der Waals surface area contributed by atoms with Gasteiger partial charge < -0.3 is 5.32 Å². The lowest BCUT2D eigenvalue weighted by Gasteiger charge is -2.12. The average molecular weight is 247 g/mol. The van der Waals surface area contributed by atoms with Gasteiger partial charge in [0.25, 0.3) is 5.91 Å². The molecule has 3 nitrogen and oxygen atoms in total. The Kier molecular flexibility index (Phi) is 5.05. The summed E-state index contributed by atoms with van der Waals surface area (Å²) in [6.45, 7) is 3.83. The third-order valence-electron chi connectivity index (χ3n) is 2.10. The fraction of sp³-hybridized carbons (Fsp3) is 0.600. The van der Waals surface area contributed by atoms with Crippen molar-refractivity contribution in [3.63, 3.8) is 0 Å². The van der Waals surface area contributed by atoms with Crippen molar-refractivity contribution < 1.29 is 4.79 Å². The van der Waals surface area contributed by atoms with Crippen molar-refractivity contribution in [3.8, 4) is 0 Å². The van der Waals surface area contributed by atoms with Gasteiger partial charge in [-0.2, -0.15) is 0 Å². The molecular weight excluding hydrogens is 232 g/mol. The quantitative estimate of drug-likeness (QED) is 0.812. The van der Waals surface area contributed by atoms with E-state index in [1.807, 2.05) is 13.8 Å². The van der Waals surface area contributed by atoms with Gasteiger partial charge in [0.05, 0.1) is 11.2 Å². The van der Waals surface area contributed by atoms with Gasteiger partial charge in [-0.15, -0.1) is 22.9 Å². The zero-order valence-corrected chi connectivity index (χ0v) is 10.5. The predicted molar refractivity (Wildman–Crippen MR) is 63.7 cm³/mol. The maximum atomic E-state index is 11.7. The predicted octanol–water partition coefficient (Wildman–Crippen LogP) is 2.59. The highest BCUT2D eigenvalue weighted by Gasteiger charge is 2.13. The van der Waals surface area contributed by atoms with Gasteiger partial charge in [-0.25, -0.2) is 4.98 Å². The summed E-state index contributed by atoms with van der Waals surface area (Å²) in [5, 5.41) is 2.93. The van der Waals surface area contributed by atoms with Gasteiger partial charge in [0.2, 0.25) is 0 Å². The van der Waals surface area contributed by atoms with Crippen LogP contribution < -0.4 is 5.32 Å². The van der Waals surface area contributed by atoms with Crippen LogP contribution in [-0.2, 0) is 0 Å². The number of nitrogens with one attached hydrogen (secondary N) is 1. The van der Waals surface area contributed by atoms with E-state index in [1.165, 1.54) is 11.3 Å². The van der Waals surface area contributed by atoms with E-state index in [9.17, 15) is 4.79 Å². The molecular formula is C10H15ClN2OS. The zero-order chi connectivity index (χ0) is 11.3. The lowest BCUT2D eigenvalue weighted by molar-refractivity contribution is 0.0941. The molecule has 0 aromatic carbocycles. The first-order valence-corrected chi connectivity index (χ1v) is 6.33.